The monoisotopic (exact) mass is 251 g/mol. The van der Waals surface area contributed by atoms with Gasteiger partial charge in [-0.15, -0.1) is 0 Å². The molecule has 0 aliphatic carbocycles. The van der Waals surface area contributed by atoms with Crippen molar-refractivity contribution in [1.82, 2.24) is 0 Å². The molecule has 1 unspecified atom stereocenters. The maximum absolute atomic E-state index is 13.1. The van der Waals surface area contributed by atoms with Gasteiger partial charge in [-0.05, 0) is 24.3 Å². The molecule has 0 bridgehead atoms. The third-order valence-electron chi connectivity index (χ3n) is 2.66. The molecule has 92 valence electrons. The van der Waals surface area contributed by atoms with Crippen molar-refractivity contribution in [2.24, 2.45) is 0 Å². The fourth-order valence-corrected chi connectivity index (χ4v) is 1.78. The summed E-state index contributed by atoms with van der Waals surface area (Å²) >= 11 is 0. The van der Waals surface area contributed by atoms with Gasteiger partial charge in [0.05, 0.1) is 17.7 Å². The number of benzene rings is 2. The summed E-state index contributed by atoms with van der Waals surface area (Å²) < 4.78 is 13.1. The Morgan fingerprint density at radius 3 is 2.53 bits per heavy atom. The Labute approximate surface area is 110 Å². The van der Waals surface area contributed by atoms with Gasteiger partial charge >= 0.3 is 0 Å². The van der Waals surface area contributed by atoms with Gasteiger partial charge in [0.2, 0.25) is 0 Å². The lowest BCUT2D eigenvalue weighted by Gasteiger charge is -2.14. The van der Waals surface area contributed by atoms with Crippen molar-refractivity contribution in [2.75, 3.05) is 5.32 Å². The Morgan fingerprint density at radius 2 is 1.84 bits per heavy atom. The molecule has 1 N–H and O–H groups in total. The van der Waals surface area contributed by atoms with Crippen LogP contribution in [0.2, 0.25) is 0 Å². The first kappa shape index (κ1) is 12.6. The molecule has 1 atom stereocenters. The minimum atomic E-state index is -0.697. The SMILES string of the molecule is N#Cc1ccccc1C(C#N)Nc1cccc(F)c1. The largest absolute Gasteiger partial charge is 0.366 e. The van der Waals surface area contributed by atoms with Crippen LogP contribution in [0.4, 0.5) is 10.1 Å². The molecule has 0 saturated carbocycles. The summed E-state index contributed by atoms with van der Waals surface area (Å²) in [6.45, 7) is 0. The fraction of sp³-hybridized carbons (Fsp3) is 0.0667. The quantitative estimate of drug-likeness (QED) is 0.909. The van der Waals surface area contributed by atoms with Crippen molar-refractivity contribution >= 4 is 5.69 Å². The summed E-state index contributed by atoms with van der Waals surface area (Å²) in [5.41, 5.74) is 1.51. The average Bonchev–Trinajstić information content (AvgIpc) is 2.45. The highest BCUT2D eigenvalue weighted by molar-refractivity contribution is 5.50. The van der Waals surface area contributed by atoms with E-state index in [0.29, 0.717) is 16.8 Å². The van der Waals surface area contributed by atoms with Gasteiger partial charge in [-0.2, -0.15) is 10.5 Å². The standard InChI is InChI=1S/C15H10FN3/c16-12-5-3-6-13(8-12)19-15(10-18)14-7-2-1-4-11(14)9-17/h1-8,15,19H. The Bertz CT molecular complexity index is 668. The van der Waals surface area contributed by atoms with E-state index in [1.54, 1.807) is 36.4 Å². The van der Waals surface area contributed by atoms with Crippen LogP contribution in [0.3, 0.4) is 0 Å². The second-order valence-electron chi connectivity index (χ2n) is 3.92. The highest BCUT2D eigenvalue weighted by atomic mass is 19.1. The van der Waals surface area contributed by atoms with Crippen molar-refractivity contribution < 1.29 is 4.39 Å². The molecular weight excluding hydrogens is 241 g/mol. The predicted octanol–water partition coefficient (Wildman–Crippen LogP) is 3.37. The molecule has 0 aliphatic heterocycles. The van der Waals surface area contributed by atoms with E-state index in [1.807, 2.05) is 6.07 Å². The van der Waals surface area contributed by atoms with E-state index in [1.165, 1.54) is 12.1 Å². The molecular formula is C15H10FN3. The lowest BCUT2D eigenvalue weighted by Crippen LogP contribution is -2.10. The van der Waals surface area contributed by atoms with Crippen LogP contribution in [0.25, 0.3) is 0 Å². The highest BCUT2D eigenvalue weighted by Crippen LogP contribution is 2.22. The van der Waals surface area contributed by atoms with Gasteiger partial charge in [-0.3, -0.25) is 0 Å². The van der Waals surface area contributed by atoms with Crippen molar-refractivity contribution in [1.29, 1.82) is 10.5 Å². The average molecular weight is 251 g/mol. The molecule has 0 heterocycles. The van der Waals surface area contributed by atoms with Gasteiger partial charge in [0.15, 0.2) is 0 Å². The van der Waals surface area contributed by atoms with E-state index in [-0.39, 0.29) is 5.82 Å². The first-order valence-electron chi connectivity index (χ1n) is 5.65. The number of nitriles is 2. The van der Waals surface area contributed by atoms with Crippen molar-refractivity contribution in [3.05, 3.63) is 65.5 Å². The number of anilines is 1. The van der Waals surface area contributed by atoms with Gasteiger partial charge in [0, 0.05) is 11.3 Å². The normalized spacial score (nSPS) is 11.1. The first-order chi connectivity index (χ1) is 9.24. The van der Waals surface area contributed by atoms with Gasteiger partial charge < -0.3 is 5.32 Å². The van der Waals surface area contributed by atoms with Gasteiger partial charge in [-0.1, -0.05) is 24.3 Å². The van der Waals surface area contributed by atoms with Crippen LogP contribution >= 0.6 is 0 Å². The molecule has 0 aliphatic rings. The molecule has 19 heavy (non-hydrogen) atoms. The second-order valence-corrected chi connectivity index (χ2v) is 3.92. The van der Waals surface area contributed by atoms with Crippen LogP contribution in [0.5, 0.6) is 0 Å². The summed E-state index contributed by atoms with van der Waals surface area (Å²) in [4.78, 5) is 0. The van der Waals surface area contributed by atoms with Gasteiger partial charge in [-0.25, -0.2) is 4.39 Å². The molecule has 2 rings (SSSR count). The summed E-state index contributed by atoms with van der Waals surface area (Å²) in [6, 6.07) is 16.1. The molecule has 0 saturated heterocycles. The summed E-state index contributed by atoms with van der Waals surface area (Å²) in [5, 5.41) is 21.1. The summed E-state index contributed by atoms with van der Waals surface area (Å²) in [5.74, 6) is -0.379. The Hall–Kier alpha value is -2.85. The highest BCUT2D eigenvalue weighted by Gasteiger charge is 2.14. The molecule has 0 spiro atoms. The molecule has 4 heteroatoms. The Kier molecular flexibility index (Phi) is 3.75. The van der Waals surface area contributed by atoms with Gasteiger partial charge in [0.1, 0.15) is 11.9 Å². The van der Waals surface area contributed by atoms with E-state index in [9.17, 15) is 9.65 Å². The summed E-state index contributed by atoms with van der Waals surface area (Å²) in [7, 11) is 0. The zero-order chi connectivity index (χ0) is 13.7. The van der Waals surface area contributed by atoms with E-state index in [4.69, 9.17) is 5.26 Å². The second kappa shape index (κ2) is 5.66. The molecule has 3 nitrogen and oxygen atoms in total. The van der Waals surface area contributed by atoms with Crippen LogP contribution in [0.1, 0.15) is 17.2 Å². The maximum Gasteiger partial charge on any atom is 0.141 e. The van der Waals surface area contributed by atoms with Crippen molar-refractivity contribution in [2.45, 2.75) is 6.04 Å². The Balaban J connectivity index is 2.32. The number of halogens is 1. The Morgan fingerprint density at radius 1 is 1.05 bits per heavy atom. The van der Waals surface area contributed by atoms with Crippen LogP contribution in [0, 0.1) is 28.5 Å². The lowest BCUT2D eigenvalue weighted by molar-refractivity contribution is 0.628. The summed E-state index contributed by atoms with van der Waals surface area (Å²) in [6.07, 6.45) is 0. The van der Waals surface area contributed by atoms with Crippen molar-refractivity contribution in [3.8, 4) is 12.1 Å². The molecule has 0 amide bonds. The van der Waals surface area contributed by atoms with Crippen LogP contribution in [-0.2, 0) is 0 Å². The number of nitrogens with zero attached hydrogens (tertiary/aromatic N) is 2. The van der Waals surface area contributed by atoms with Crippen LogP contribution < -0.4 is 5.32 Å². The minimum absolute atomic E-state index is 0.379. The topological polar surface area (TPSA) is 59.6 Å². The van der Waals surface area contributed by atoms with E-state index in [0.717, 1.165) is 0 Å². The van der Waals surface area contributed by atoms with E-state index >= 15 is 0 Å². The molecule has 2 aromatic carbocycles. The minimum Gasteiger partial charge on any atom is -0.366 e. The van der Waals surface area contributed by atoms with E-state index < -0.39 is 6.04 Å². The molecule has 0 fully saturated rings. The zero-order valence-corrected chi connectivity index (χ0v) is 9.97. The molecule has 0 radical (unpaired) electrons. The first-order valence-corrected chi connectivity index (χ1v) is 5.65. The smallest absolute Gasteiger partial charge is 0.141 e. The van der Waals surface area contributed by atoms with Crippen molar-refractivity contribution in [3.63, 3.8) is 0 Å². The molecule has 0 aromatic heterocycles. The number of hydrogen-bond acceptors (Lipinski definition) is 3. The molecule has 2 aromatic rings. The zero-order valence-electron chi connectivity index (χ0n) is 9.97. The van der Waals surface area contributed by atoms with Crippen LogP contribution in [-0.4, -0.2) is 0 Å². The number of hydrogen-bond donors (Lipinski definition) is 1. The third-order valence-corrected chi connectivity index (χ3v) is 2.66. The van der Waals surface area contributed by atoms with Crippen LogP contribution in [0.15, 0.2) is 48.5 Å². The number of nitrogens with one attached hydrogen (secondary N) is 1. The lowest BCUT2D eigenvalue weighted by atomic mass is 10.0. The van der Waals surface area contributed by atoms with E-state index in [2.05, 4.69) is 11.4 Å². The third kappa shape index (κ3) is 2.88. The predicted molar refractivity (Wildman–Crippen MR) is 69.5 cm³/mol. The van der Waals surface area contributed by atoms with Gasteiger partial charge in [0.25, 0.3) is 0 Å². The fourth-order valence-electron chi connectivity index (χ4n) is 1.78. The maximum atomic E-state index is 13.1. The number of rotatable bonds is 3.